The van der Waals surface area contributed by atoms with Crippen LogP contribution in [0.1, 0.15) is 17.2 Å². The fourth-order valence-corrected chi connectivity index (χ4v) is 4.04. The molecule has 2 heterocycles. The second-order valence-electron chi connectivity index (χ2n) is 6.86. The highest BCUT2D eigenvalue weighted by Crippen LogP contribution is 2.26. The van der Waals surface area contributed by atoms with Crippen LogP contribution < -0.4 is 20.3 Å². The lowest BCUT2D eigenvalue weighted by molar-refractivity contribution is -0.122. The Hall–Kier alpha value is -3.65. The maximum Gasteiger partial charge on any atom is 0.262 e. The number of ether oxygens (including phenoxy) is 2. The van der Waals surface area contributed by atoms with Gasteiger partial charge in [-0.3, -0.25) is 14.2 Å². The Morgan fingerprint density at radius 2 is 1.58 bits per heavy atom. The summed E-state index contributed by atoms with van der Waals surface area (Å²) < 4.78 is 11.8. The lowest BCUT2D eigenvalue weighted by Crippen LogP contribution is -2.35. The number of amides is 1. The zero-order chi connectivity index (χ0) is 21.8. The molecule has 4 aromatic rings. The van der Waals surface area contributed by atoms with Gasteiger partial charge in [-0.05, 0) is 46.8 Å². The number of nitrogens with zero attached hydrogens (tertiary/aromatic N) is 2. The molecule has 1 amide bonds. The van der Waals surface area contributed by atoms with Gasteiger partial charge < -0.3 is 14.8 Å². The summed E-state index contributed by atoms with van der Waals surface area (Å²) in [6.07, 6.45) is 1.41. The molecular weight excluding hydrogens is 414 g/mol. The van der Waals surface area contributed by atoms with Crippen molar-refractivity contribution in [1.82, 2.24) is 14.9 Å². The van der Waals surface area contributed by atoms with E-state index in [0.29, 0.717) is 10.2 Å². The molecule has 0 aliphatic heterocycles. The molecular formula is C23H21N3O4S. The monoisotopic (exact) mass is 435 g/mol. The first-order valence-corrected chi connectivity index (χ1v) is 10.5. The molecule has 0 saturated carbocycles. The third-order valence-corrected chi connectivity index (χ3v) is 5.79. The molecule has 0 atom stereocenters. The largest absolute Gasteiger partial charge is 0.497 e. The number of rotatable bonds is 7. The quantitative estimate of drug-likeness (QED) is 0.481. The molecule has 0 fully saturated rings. The molecule has 0 bridgehead atoms. The van der Waals surface area contributed by atoms with Gasteiger partial charge in [-0.15, -0.1) is 11.3 Å². The lowest BCUT2D eigenvalue weighted by atomic mass is 9.98. The Labute approximate surface area is 182 Å². The van der Waals surface area contributed by atoms with E-state index >= 15 is 0 Å². The zero-order valence-electron chi connectivity index (χ0n) is 17.1. The van der Waals surface area contributed by atoms with E-state index in [9.17, 15) is 9.59 Å². The summed E-state index contributed by atoms with van der Waals surface area (Å²) in [5.74, 6) is 1.16. The highest BCUT2D eigenvalue weighted by Gasteiger charge is 2.18. The Morgan fingerprint density at radius 1 is 1.00 bits per heavy atom. The second-order valence-corrected chi connectivity index (χ2v) is 7.76. The molecule has 2 aromatic heterocycles. The first kappa shape index (κ1) is 20.6. The molecule has 0 radical (unpaired) electrons. The third kappa shape index (κ3) is 4.44. The summed E-state index contributed by atoms with van der Waals surface area (Å²) in [6.45, 7) is -0.125. The Kier molecular flexibility index (Phi) is 5.99. The summed E-state index contributed by atoms with van der Waals surface area (Å²) in [4.78, 5) is 30.4. The molecule has 0 aliphatic rings. The fraction of sp³-hybridized carbons (Fsp3) is 0.174. The molecule has 0 unspecified atom stereocenters. The van der Waals surface area contributed by atoms with Crippen LogP contribution in [0, 0.1) is 0 Å². The van der Waals surface area contributed by atoms with Crippen LogP contribution in [-0.2, 0) is 11.3 Å². The Bertz CT molecular complexity index is 1200. The van der Waals surface area contributed by atoms with Crippen molar-refractivity contribution in [2.24, 2.45) is 0 Å². The molecule has 0 aliphatic carbocycles. The summed E-state index contributed by atoms with van der Waals surface area (Å²) >= 11 is 1.39. The average Bonchev–Trinajstić information content (AvgIpc) is 3.29. The number of benzene rings is 2. The second kappa shape index (κ2) is 9.01. The van der Waals surface area contributed by atoms with Crippen molar-refractivity contribution in [2.75, 3.05) is 14.2 Å². The Balaban J connectivity index is 1.61. The van der Waals surface area contributed by atoms with Crippen molar-refractivity contribution < 1.29 is 14.3 Å². The maximum absolute atomic E-state index is 12.9. The third-order valence-electron chi connectivity index (χ3n) is 4.97. The number of hydrogen-bond acceptors (Lipinski definition) is 6. The molecule has 7 nitrogen and oxygen atoms in total. The van der Waals surface area contributed by atoms with Crippen molar-refractivity contribution in [3.63, 3.8) is 0 Å². The number of aromatic nitrogens is 2. The van der Waals surface area contributed by atoms with Gasteiger partial charge in [0.05, 0.1) is 32.0 Å². The predicted molar refractivity (Wildman–Crippen MR) is 120 cm³/mol. The van der Waals surface area contributed by atoms with E-state index in [4.69, 9.17) is 9.47 Å². The highest BCUT2D eigenvalue weighted by atomic mass is 32.1. The molecule has 2 aromatic carbocycles. The van der Waals surface area contributed by atoms with Gasteiger partial charge in [-0.2, -0.15) is 0 Å². The number of carbonyl (C=O) groups excluding carboxylic acids is 1. The number of hydrogen-bond donors (Lipinski definition) is 1. The number of nitrogens with one attached hydrogen (secondary N) is 1. The maximum atomic E-state index is 12.9. The summed E-state index contributed by atoms with van der Waals surface area (Å²) in [6, 6.07) is 16.3. The number of methoxy groups -OCH3 is 2. The zero-order valence-corrected chi connectivity index (χ0v) is 17.9. The minimum Gasteiger partial charge on any atom is -0.497 e. The molecule has 4 rings (SSSR count). The van der Waals surface area contributed by atoms with Gasteiger partial charge in [0, 0.05) is 0 Å². The number of carbonyl (C=O) groups is 1. The SMILES string of the molecule is COc1ccc(C(NC(=O)Cn2cnc3sccc3c2=O)c2ccc(OC)cc2)cc1. The van der Waals surface area contributed by atoms with Gasteiger partial charge in [0.1, 0.15) is 22.9 Å². The van der Waals surface area contributed by atoms with E-state index in [1.807, 2.05) is 53.9 Å². The van der Waals surface area contributed by atoms with Gasteiger partial charge in [-0.1, -0.05) is 24.3 Å². The van der Waals surface area contributed by atoms with Gasteiger partial charge >= 0.3 is 0 Å². The van der Waals surface area contributed by atoms with E-state index in [1.165, 1.54) is 22.2 Å². The van der Waals surface area contributed by atoms with E-state index in [2.05, 4.69) is 10.3 Å². The van der Waals surface area contributed by atoms with E-state index in [1.54, 1.807) is 20.3 Å². The van der Waals surface area contributed by atoms with Crippen LogP contribution >= 0.6 is 11.3 Å². The standard InChI is InChI=1S/C23H21N3O4S/c1-29-17-7-3-15(4-8-17)21(16-5-9-18(30-2)10-6-16)25-20(27)13-26-14-24-22-19(23(26)28)11-12-31-22/h3-12,14,21H,13H2,1-2H3,(H,25,27). The number of fused-ring (bicyclic) bond motifs is 1. The first-order chi connectivity index (χ1) is 15.1. The predicted octanol–water partition coefficient (Wildman–Crippen LogP) is 3.38. The minimum absolute atomic E-state index is 0.125. The van der Waals surface area contributed by atoms with Crippen LogP contribution in [0.5, 0.6) is 11.5 Å². The summed E-state index contributed by atoms with van der Waals surface area (Å²) in [5, 5.41) is 5.36. The molecule has 1 N–H and O–H groups in total. The van der Waals surface area contributed by atoms with E-state index in [-0.39, 0.29) is 18.0 Å². The van der Waals surface area contributed by atoms with Crippen LogP contribution in [0.25, 0.3) is 10.2 Å². The molecule has 31 heavy (non-hydrogen) atoms. The lowest BCUT2D eigenvalue weighted by Gasteiger charge is -2.21. The average molecular weight is 436 g/mol. The Morgan fingerprint density at radius 3 is 2.13 bits per heavy atom. The molecule has 8 heteroatoms. The van der Waals surface area contributed by atoms with E-state index in [0.717, 1.165) is 22.6 Å². The van der Waals surface area contributed by atoms with Crippen molar-refractivity contribution >= 4 is 27.5 Å². The summed E-state index contributed by atoms with van der Waals surface area (Å²) in [7, 11) is 3.21. The van der Waals surface area contributed by atoms with Crippen LogP contribution in [0.4, 0.5) is 0 Å². The van der Waals surface area contributed by atoms with E-state index < -0.39 is 6.04 Å². The number of thiophene rings is 1. The minimum atomic E-state index is -0.405. The topological polar surface area (TPSA) is 82.5 Å². The first-order valence-electron chi connectivity index (χ1n) is 9.59. The molecule has 158 valence electrons. The van der Waals surface area contributed by atoms with Gasteiger partial charge in [-0.25, -0.2) is 4.98 Å². The highest BCUT2D eigenvalue weighted by molar-refractivity contribution is 7.16. The smallest absolute Gasteiger partial charge is 0.262 e. The van der Waals surface area contributed by atoms with Crippen LogP contribution in [0.3, 0.4) is 0 Å². The fourth-order valence-electron chi connectivity index (χ4n) is 3.32. The van der Waals surface area contributed by atoms with Gasteiger partial charge in [0.25, 0.3) is 5.56 Å². The molecule has 0 saturated heterocycles. The summed E-state index contributed by atoms with van der Waals surface area (Å²) in [5.41, 5.74) is 1.54. The van der Waals surface area contributed by atoms with Crippen molar-refractivity contribution in [1.29, 1.82) is 0 Å². The van der Waals surface area contributed by atoms with Crippen molar-refractivity contribution in [2.45, 2.75) is 12.6 Å². The molecule has 0 spiro atoms. The van der Waals surface area contributed by atoms with Crippen molar-refractivity contribution in [3.8, 4) is 11.5 Å². The normalized spacial score (nSPS) is 10.9. The van der Waals surface area contributed by atoms with Gasteiger partial charge in [0.15, 0.2) is 0 Å². The van der Waals surface area contributed by atoms with Gasteiger partial charge in [0.2, 0.25) is 5.91 Å². The van der Waals surface area contributed by atoms with Crippen LogP contribution in [0.2, 0.25) is 0 Å². The van der Waals surface area contributed by atoms with Crippen LogP contribution in [0.15, 0.2) is 71.1 Å². The van der Waals surface area contributed by atoms with Crippen molar-refractivity contribution in [3.05, 3.63) is 87.8 Å². The van der Waals surface area contributed by atoms with Crippen LogP contribution in [-0.4, -0.2) is 29.7 Å².